The smallest absolute Gasteiger partial charge is 0.231 e. The van der Waals surface area contributed by atoms with Gasteiger partial charge in [0.1, 0.15) is 0 Å². The Kier molecular flexibility index (Phi) is 3.62. The van der Waals surface area contributed by atoms with Gasteiger partial charge in [-0.25, -0.2) is 0 Å². The van der Waals surface area contributed by atoms with Crippen LogP contribution in [0.5, 0.6) is 11.5 Å². The summed E-state index contributed by atoms with van der Waals surface area (Å²) in [4.78, 5) is 2.33. The van der Waals surface area contributed by atoms with Crippen molar-refractivity contribution in [2.45, 2.75) is 25.4 Å². The van der Waals surface area contributed by atoms with Gasteiger partial charge >= 0.3 is 0 Å². The quantitative estimate of drug-likeness (QED) is 0.848. The molecule has 19 heavy (non-hydrogen) atoms. The fourth-order valence-corrected chi connectivity index (χ4v) is 2.74. The Labute approximate surface area is 114 Å². The zero-order valence-electron chi connectivity index (χ0n) is 11.7. The van der Waals surface area contributed by atoms with Crippen LogP contribution < -0.4 is 14.8 Å². The molecule has 1 heterocycles. The molecule has 1 aromatic carbocycles. The molecule has 0 amide bonds. The SMILES string of the molecule is CN(C)[C@@H](CNCc1cccc2c1OCO2)C1CC1. The molecule has 1 fully saturated rings. The van der Waals surface area contributed by atoms with Gasteiger partial charge < -0.3 is 19.7 Å². The van der Waals surface area contributed by atoms with Crippen molar-refractivity contribution in [1.82, 2.24) is 10.2 Å². The molecule has 1 saturated carbocycles. The first-order valence-electron chi connectivity index (χ1n) is 7.00. The average Bonchev–Trinajstić information content (AvgIpc) is 3.10. The van der Waals surface area contributed by atoms with E-state index in [0.717, 1.165) is 30.5 Å². The Hall–Kier alpha value is -1.26. The van der Waals surface area contributed by atoms with E-state index in [1.54, 1.807) is 0 Å². The second kappa shape index (κ2) is 5.39. The molecule has 0 spiro atoms. The van der Waals surface area contributed by atoms with Gasteiger partial charge in [0, 0.05) is 24.7 Å². The van der Waals surface area contributed by atoms with Crippen molar-refractivity contribution < 1.29 is 9.47 Å². The summed E-state index contributed by atoms with van der Waals surface area (Å²) in [7, 11) is 4.34. The third-order valence-corrected chi connectivity index (χ3v) is 3.98. The Morgan fingerprint density at radius 3 is 2.89 bits per heavy atom. The van der Waals surface area contributed by atoms with Crippen LogP contribution in [0.15, 0.2) is 18.2 Å². The first-order valence-corrected chi connectivity index (χ1v) is 7.00. The predicted molar refractivity (Wildman–Crippen MR) is 74.5 cm³/mol. The fraction of sp³-hybridized carbons (Fsp3) is 0.600. The van der Waals surface area contributed by atoms with E-state index in [9.17, 15) is 0 Å². The Morgan fingerprint density at radius 2 is 2.16 bits per heavy atom. The summed E-state index contributed by atoms with van der Waals surface area (Å²) in [6.07, 6.45) is 2.75. The summed E-state index contributed by atoms with van der Waals surface area (Å²) >= 11 is 0. The van der Waals surface area contributed by atoms with Gasteiger partial charge in [-0.15, -0.1) is 0 Å². The molecule has 0 unspecified atom stereocenters. The summed E-state index contributed by atoms with van der Waals surface area (Å²) in [5, 5.41) is 3.56. The normalized spacial score (nSPS) is 18.9. The summed E-state index contributed by atoms with van der Waals surface area (Å²) < 4.78 is 10.9. The lowest BCUT2D eigenvalue weighted by atomic mass is 10.1. The maximum Gasteiger partial charge on any atom is 0.231 e. The highest BCUT2D eigenvalue weighted by atomic mass is 16.7. The Morgan fingerprint density at radius 1 is 1.32 bits per heavy atom. The third-order valence-electron chi connectivity index (χ3n) is 3.98. The standard InChI is InChI=1S/C15H22N2O2/c1-17(2)13(11-6-7-11)9-16-8-12-4-3-5-14-15(12)19-10-18-14/h3-5,11,13,16H,6-10H2,1-2H3/t13-/m0/s1. The lowest BCUT2D eigenvalue weighted by Crippen LogP contribution is -2.39. The molecule has 0 radical (unpaired) electrons. The van der Waals surface area contributed by atoms with Gasteiger partial charge in [-0.1, -0.05) is 12.1 Å². The highest BCUT2D eigenvalue weighted by Crippen LogP contribution is 2.36. The summed E-state index contributed by atoms with van der Waals surface area (Å²) in [5.41, 5.74) is 1.18. The van der Waals surface area contributed by atoms with E-state index >= 15 is 0 Å². The van der Waals surface area contributed by atoms with E-state index in [1.165, 1.54) is 18.4 Å². The van der Waals surface area contributed by atoms with Crippen LogP contribution in [-0.2, 0) is 6.54 Å². The number of nitrogens with one attached hydrogen (secondary N) is 1. The Balaban J connectivity index is 1.56. The first-order chi connectivity index (χ1) is 9.25. The van der Waals surface area contributed by atoms with Gasteiger partial charge in [-0.05, 0) is 38.9 Å². The number of fused-ring (bicyclic) bond motifs is 1. The van der Waals surface area contributed by atoms with E-state index in [2.05, 4.69) is 30.4 Å². The molecule has 4 heteroatoms. The molecule has 0 bridgehead atoms. The maximum atomic E-state index is 5.52. The van der Waals surface area contributed by atoms with Gasteiger partial charge in [-0.2, -0.15) is 0 Å². The minimum atomic E-state index is 0.342. The van der Waals surface area contributed by atoms with Gasteiger partial charge in [-0.3, -0.25) is 0 Å². The topological polar surface area (TPSA) is 33.7 Å². The van der Waals surface area contributed by atoms with Gasteiger partial charge in [0.2, 0.25) is 6.79 Å². The number of rotatable bonds is 6. The second-order valence-electron chi connectivity index (χ2n) is 5.65. The van der Waals surface area contributed by atoms with Crippen LogP contribution in [0.4, 0.5) is 0 Å². The van der Waals surface area contributed by atoms with Gasteiger partial charge in [0.15, 0.2) is 11.5 Å². The monoisotopic (exact) mass is 262 g/mol. The minimum Gasteiger partial charge on any atom is -0.454 e. The number of hydrogen-bond acceptors (Lipinski definition) is 4. The second-order valence-corrected chi connectivity index (χ2v) is 5.65. The van der Waals surface area contributed by atoms with E-state index in [4.69, 9.17) is 9.47 Å². The Bertz CT molecular complexity index is 442. The van der Waals surface area contributed by atoms with Gasteiger partial charge in [0.05, 0.1) is 0 Å². The van der Waals surface area contributed by atoms with Crippen LogP contribution in [-0.4, -0.2) is 38.4 Å². The molecule has 1 atom stereocenters. The van der Waals surface area contributed by atoms with Crippen LogP contribution in [0.1, 0.15) is 18.4 Å². The molecular formula is C15H22N2O2. The highest BCUT2D eigenvalue weighted by molar-refractivity contribution is 5.48. The number of benzene rings is 1. The zero-order valence-corrected chi connectivity index (χ0v) is 11.7. The molecule has 0 aromatic heterocycles. The summed E-state index contributed by atoms with van der Waals surface area (Å²) in [6.45, 7) is 2.21. The van der Waals surface area contributed by atoms with E-state index < -0.39 is 0 Å². The van der Waals surface area contributed by atoms with Crippen molar-refractivity contribution in [3.8, 4) is 11.5 Å². The summed E-state index contributed by atoms with van der Waals surface area (Å²) in [6, 6.07) is 6.73. The van der Waals surface area contributed by atoms with Gasteiger partial charge in [0.25, 0.3) is 0 Å². The molecular weight excluding hydrogens is 240 g/mol. The molecule has 1 aliphatic heterocycles. The predicted octanol–water partition coefficient (Wildman–Crippen LogP) is 1.85. The largest absolute Gasteiger partial charge is 0.454 e. The molecule has 1 aliphatic carbocycles. The van der Waals surface area contributed by atoms with Crippen molar-refractivity contribution in [1.29, 1.82) is 0 Å². The van der Waals surface area contributed by atoms with Crippen molar-refractivity contribution in [3.05, 3.63) is 23.8 Å². The highest BCUT2D eigenvalue weighted by Gasteiger charge is 2.32. The molecule has 4 nitrogen and oxygen atoms in total. The lowest BCUT2D eigenvalue weighted by molar-refractivity contribution is 0.173. The van der Waals surface area contributed by atoms with Crippen LogP contribution in [0.3, 0.4) is 0 Å². The van der Waals surface area contributed by atoms with Crippen molar-refractivity contribution in [3.63, 3.8) is 0 Å². The number of hydrogen-bond donors (Lipinski definition) is 1. The zero-order chi connectivity index (χ0) is 13.2. The molecule has 1 aromatic rings. The maximum absolute atomic E-state index is 5.52. The molecule has 1 N–H and O–H groups in total. The summed E-state index contributed by atoms with van der Waals surface area (Å²) in [5.74, 6) is 2.65. The average molecular weight is 262 g/mol. The van der Waals surface area contributed by atoms with Crippen molar-refractivity contribution >= 4 is 0 Å². The van der Waals surface area contributed by atoms with Crippen LogP contribution in [0, 0.1) is 5.92 Å². The van der Waals surface area contributed by atoms with Crippen LogP contribution >= 0.6 is 0 Å². The van der Waals surface area contributed by atoms with Crippen LogP contribution in [0.2, 0.25) is 0 Å². The fourth-order valence-electron chi connectivity index (χ4n) is 2.74. The number of nitrogens with zero attached hydrogens (tertiary/aromatic N) is 1. The minimum absolute atomic E-state index is 0.342. The number of ether oxygens (including phenoxy) is 2. The number of para-hydroxylation sites is 1. The molecule has 3 rings (SSSR count). The lowest BCUT2D eigenvalue weighted by Gasteiger charge is -2.24. The van der Waals surface area contributed by atoms with Crippen LogP contribution in [0.25, 0.3) is 0 Å². The molecule has 2 aliphatic rings. The van der Waals surface area contributed by atoms with Crippen molar-refractivity contribution in [2.75, 3.05) is 27.4 Å². The van der Waals surface area contributed by atoms with E-state index in [1.807, 2.05) is 12.1 Å². The molecule has 104 valence electrons. The third kappa shape index (κ3) is 2.85. The molecule has 0 saturated heterocycles. The van der Waals surface area contributed by atoms with Crippen molar-refractivity contribution in [2.24, 2.45) is 5.92 Å². The number of likely N-dealkylation sites (N-methyl/N-ethyl adjacent to an activating group) is 1. The first kappa shape index (κ1) is 12.8. The van der Waals surface area contributed by atoms with E-state index in [0.29, 0.717) is 12.8 Å². The van der Waals surface area contributed by atoms with E-state index in [-0.39, 0.29) is 0 Å².